The molecular formula is C42H66N8O6. The summed E-state index contributed by atoms with van der Waals surface area (Å²) in [7, 11) is 0. The summed E-state index contributed by atoms with van der Waals surface area (Å²) < 4.78 is 11.1. The molecule has 14 heteroatoms. The second-order valence-electron chi connectivity index (χ2n) is 16.7. The normalized spacial score (nSPS) is 16.7. The van der Waals surface area contributed by atoms with Gasteiger partial charge in [-0.15, -0.1) is 0 Å². The van der Waals surface area contributed by atoms with Crippen molar-refractivity contribution in [3.8, 4) is 0 Å². The Morgan fingerprint density at radius 1 is 0.536 bits per heavy atom. The first kappa shape index (κ1) is 44.2. The lowest BCUT2D eigenvalue weighted by Crippen LogP contribution is -2.52. The number of rotatable bonds is 15. The van der Waals surface area contributed by atoms with Crippen molar-refractivity contribution in [2.24, 2.45) is 0 Å². The van der Waals surface area contributed by atoms with E-state index in [-0.39, 0.29) is 36.3 Å². The lowest BCUT2D eigenvalue weighted by atomic mass is 10.1. The maximum Gasteiger partial charge on any atom is 0.410 e. The van der Waals surface area contributed by atoms with Gasteiger partial charge in [-0.2, -0.15) is 0 Å². The highest BCUT2D eigenvalue weighted by atomic mass is 16.6. The second-order valence-corrected chi connectivity index (χ2v) is 16.7. The Balaban J connectivity index is 1.11. The van der Waals surface area contributed by atoms with E-state index in [0.29, 0.717) is 78.5 Å². The number of urea groups is 2. The molecular weight excluding hydrogens is 713 g/mol. The molecule has 0 bridgehead atoms. The number of unbranched alkanes of at least 4 members (excludes halogenated alkanes) is 3. The predicted octanol–water partition coefficient (Wildman–Crippen LogP) is 5.73. The molecule has 0 aromatic heterocycles. The molecule has 0 aliphatic carbocycles. The van der Waals surface area contributed by atoms with Gasteiger partial charge in [0.2, 0.25) is 0 Å². The summed E-state index contributed by atoms with van der Waals surface area (Å²) in [5.74, 6) is 0. The highest BCUT2D eigenvalue weighted by Gasteiger charge is 2.29. The van der Waals surface area contributed by atoms with Crippen LogP contribution < -0.4 is 21.3 Å². The zero-order valence-corrected chi connectivity index (χ0v) is 34.5. The summed E-state index contributed by atoms with van der Waals surface area (Å²) in [5.41, 5.74) is 1.00. The number of carbonyl (C=O) groups is 4. The predicted molar refractivity (Wildman–Crippen MR) is 218 cm³/mol. The van der Waals surface area contributed by atoms with Gasteiger partial charge < -0.3 is 40.5 Å². The zero-order chi connectivity index (χ0) is 40.6. The van der Waals surface area contributed by atoms with E-state index in [1.54, 1.807) is 9.80 Å². The quantitative estimate of drug-likeness (QED) is 0.168. The third-order valence-corrected chi connectivity index (χ3v) is 9.62. The van der Waals surface area contributed by atoms with Gasteiger partial charge in [0.25, 0.3) is 0 Å². The molecule has 0 unspecified atom stereocenters. The van der Waals surface area contributed by atoms with Crippen LogP contribution in [0.5, 0.6) is 0 Å². The SMILES string of the molecule is CC(C)(C)OC(=O)N1CCN(C[C@H](NC(=O)NCCCCCCNC(=O)N[C@@H](CN2CCN(C(=O)OC(C)(C)C)CC2)c2ccccc2)c2ccccc2)CC1. The lowest BCUT2D eigenvalue weighted by Gasteiger charge is -2.37. The van der Waals surface area contributed by atoms with Crippen LogP contribution in [-0.4, -0.2) is 134 Å². The van der Waals surface area contributed by atoms with Crippen molar-refractivity contribution in [2.45, 2.75) is 90.5 Å². The molecule has 2 saturated heterocycles. The molecule has 4 N–H and O–H groups in total. The van der Waals surface area contributed by atoms with Crippen molar-refractivity contribution in [3.05, 3.63) is 71.8 Å². The highest BCUT2D eigenvalue weighted by Crippen LogP contribution is 2.19. The summed E-state index contributed by atoms with van der Waals surface area (Å²) >= 11 is 0. The number of benzene rings is 2. The van der Waals surface area contributed by atoms with Gasteiger partial charge in [0.05, 0.1) is 12.1 Å². The number of hydrogen-bond donors (Lipinski definition) is 4. The van der Waals surface area contributed by atoms with Crippen LogP contribution in [0.1, 0.15) is 90.4 Å². The van der Waals surface area contributed by atoms with Gasteiger partial charge in [0, 0.05) is 78.5 Å². The Bertz CT molecular complexity index is 1390. The summed E-state index contributed by atoms with van der Waals surface area (Å²) in [6.07, 6.45) is 2.94. The summed E-state index contributed by atoms with van der Waals surface area (Å²) in [4.78, 5) is 59.0. The topological polar surface area (TPSA) is 148 Å². The fourth-order valence-electron chi connectivity index (χ4n) is 6.66. The molecule has 4 rings (SSSR count). The molecule has 56 heavy (non-hydrogen) atoms. The van der Waals surface area contributed by atoms with E-state index < -0.39 is 11.2 Å². The van der Waals surface area contributed by atoms with E-state index >= 15 is 0 Å². The zero-order valence-electron chi connectivity index (χ0n) is 34.5. The summed E-state index contributed by atoms with van der Waals surface area (Å²) in [6.45, 7) is 18.7. The highest BCUT2D eigenvalue weighted by molar-refractivity contribution is 5.75. The van der Waals surface area contributed by atoms with Crippen molar-refractivity contribution >= 4 is 24.2 Å². The first-order valence-electron chi connectivity index (χ1n) is 20.2. The van der Waals surface area contributed by atoms with Crippen LogP contribution in [-0.2, 0) is 9.47 Å². The van der Waals surface area contributed by atoms with Crippen LogP contribution in [0.3, 0.4) is 0 Å². The number of nitrogens with zero attached hydrogens (tertiary/aromatic N) is 4. The van der Waals surface area contributed by atoms with E-state index in [4.69, 9.17) is 9.47 Å². The Labute approximate surface area is 334 Å². The third kappa shape index (κ3) is 16.3. The van der Waals surface area contributed by atoms with Crippen molar-refractivity contribution in [1.29, 1.82) is 0 Å². The monoisotopic (exact) mass is 779 g/mol. The van der Waals surface area contributed by atoms with Gasteiger partial charge in [0.1, 0.15) is 11.2 Å². The molecule has 0 radical (unpaired) electrons. The van der Waals surface area contributed by atoms with E-state index in [0.717, 1.165) is 36.8 Å². The number of amides is 6. The number of carbonyl (C=O) groups excluding carboxylic acids is 4. The van der Waals surface area contributed by atoms with Crippen LogP contribution in [0, 0.1) is 0 Å². The number of nitrogens with one attached hydrogen (secondary N) is 4. The molecule has 2 fully saturated rings. The molecule has 6 amide bonds. The number of ether oxygens (including phenoxy) is 2. The number of hydrogen-bond acceptors (Lipinski definition) is 8. The van der Waals surface area contributed by atoms with Crippen molar-refractivity contribution in [1.82, 2.24) is 40.9 Å². The minimum atomic E-state index is -0.528. The standard InChI is InChI=1S/C42H66N8O6/c1-41(2,3)55-39(53)49-27-23-47(24-28-49)31-35(33-17-11-9-12-18-33)45-37(51)43-21-15-7-8-16-22-44-38(52)46-36(34-19-13-10-14-20-34)32-48-25-29-50(30-26-48)40(54)56-42(4,5)6/h9-14,17-20,35-36H,7-8,15-16,21-32H2,1-6H3,(H2,43,45,51)(H2,44,46,52)/t35-,36-/m0/s1. The van der Waals surface area contributed by atoms with Crippen molar-refractivity contribution < 1.29 is 28.7 Å². The summed E-state index contributed by atoms with van der Waals surface area (Å²) in [5, 5.41) is 12.3. The average molecular weight is 779 g/mol. The Hall–Kier alpha value is -4.56. The molecule has 310 valence electrons. The fraction of sp³-hybridized carbons (Fsp3) is 0.619. The fourth-order valence-corrected chi connectivity index (χ4v) is 6.66. The maximum absolute atomic E-state index is 13.0. The van der Waals surface area contributed by atoms with Gasteiger partial charge >= 0.3 is 24.2 Å². The van der Waals surface area contributed by atoms with E-state index in [9.17, 15) is 19.2 Å². The molecule has 2 aromatic rings. The maximum atomic E-state index is 13.0. The van der Waals surface area contributed by atoms with Crippen LogP contribution >= 0.6 is 0 Å². The second kappa shape index (κ2) is 21.7. The molecule has 2 heterocycles. The van der Waals surface area contributed by atoms with E-state index in [1.165, 1.54) is 0 Å². The largest absolute Gasteiger partial charge is 0.444 e. The van der Waals surface area contributed by atoms with Crippen LogP contribution in [0.15, 0.2) is 60.7 Å². The van der Waals surface area contributed by atoms with Crippen LogP contribution in [0.25, 0.3) is 0 Å². The third-order valence-electron chi connectivity index (χ3n) is 9.62. The van der Waals surface area contributed by atoms with E-state index in [1.807, 2.05) is 102 Å². The smallest absolute Gasteiger partial charge is 0.410 e. The minimum absolute atomic E-state index is 0.197. The van der Waals surface area contributed by atoms with Gasteiger partial charge in [-0.25, -0.2) is 19.2 Å². The van der Waals surface area contributed by atoms with Crippen molar-refractivity contribution in [2.75, 3.05) is 78.5 Å². The molecule has 0 saturated carbocycles. The Kier molecular flexibility index (Phi) is 17.1. The molecule has 2 aromatic carbocycles. The van der Waals surface area contributed by atoms with E-state index in [2.05, 4.69) is 31.1 Å². The molecule has 0 spiro atoms. The van der Waals surface area contributed by atoms with Gasteiger partial charge in [-0.05, 0) is 65.5 Å². The first-order valence-corrected chi connectivity index (χ1v) is 20.2. The van der Waals surface area contributed by atoms with Gasteiger partial charge in [-0.3, -0.25) is 9.80 Å². The van der Waals surface area contributed by atoms with Crippen molar-refractivity contribution in [3.63, 3.8) is 0 Å². The van der Waals surface area contributed by atoms with Gasteiger partial charge in [-0.1, -0.05) is 73.5 Å². The Morgan fingerprint density at radius 2 is 0.875 bits per heavy atom. The molecule has 2 aliphatic heterocycles. The molecule has 14 nitrogen and oxygen atoms in total. The lowest BCUT2D eigenvalue weighted by molar-refractivity contribution is 0.0129. The Morgan fingerprint density at radius 3 is 1.20 bits per heavy atom. The summed E-state index contributed by atoms with van der Waals surface area (Å²) in [6, 6.07) is 19.1. The number of piperazine rings is 2. The van der Waals surface area contributed by atoms with Crippen LogP contribution in [0.2, 0.25) is 0 Å². The van der Waals surface area contributed by atoms with Crippen LogP contribution in [0.4, 0.5) is 19.2 Å². The minimum Gasteiger partial charge on any atom is -0.444 e. The molecule has 2 atom stereocenters. The van der Waals surface area contributed by atoms with Gasteiger partial charge in [0.15, 0.2) is 0 Å². The first-order chi connectivity index (χ1) is 26.6. The molecule has 2 aliphatic rings. The average Bonchev–Trinajstić information content (AvgIpc) is 3.15.